The number of amides is 2. The van der Waals surface area contributed by atoms with Gasteiger partial charge in [0.05, 0.1) is 24.2 Å². The van der Waals surface area contributed by atoms with E-state index in [0.29, 0.717) is 22.8 Å². The summed E-state index contributed by atoms with van der Waals surface area (Å²) in [4.78, 5) is 24.3. The summed E-state index contributed by atoms with van der Waals surface area (Å²) in [6.45, 7) is -0.467. The number of benzene rings is 1. The first-order valence-electron chi connectivity index (χ1n) is 10.8. The summed E-state index contributed by atoms with van der Waals surface area (Å²) in [5.41, 5.74) is -0.515. The second kappa shape index (κ2) is 10.8. The number of carbonyl (C=O) groups is 2. The lowest BCUT2D eigenvalue weighted by Crippen LogP contribution is -2.34. The Labute approximate surface area is 197 Å². The first kappa shape index (κ1) is 23.9. The van der Waals surface area contributed by atoms with Crippen molar-refractivity contribution < 1.29 is 27.2 Å². The third kappa shape index (κ3) is 5.44. The number of thioether (sulfide) groups is 1. The number of rotatable bonds is 8. The maximum Gasteiger partial charge on any atom is 0.243 e. The first-order chi connectivity index (χ1) is 16.4. The minimum Gasteiger partial charge on any atom is -0.461 e. The average Bonchev–Trinajstić information content (AvgIpc) is 3.52. The van der Waals surface area contributed by atoms with Crippen molar-refractivity contribution >= 4 is 29.3 Å². The standard InChI is InChI=1S/C22H22F3N5O3S/c23-14-8-9-15(20(25)19(14)24)27-17(31)11-26-18(32)12-34-22-29-28-21(16-7-4-10-33-16)30(22)13-5-2-1-3-6-13/h4,7-10,13H,1-3,5-6,11-12H2,(H,26,32)(H,27,31). The van der Waals surface area contributed by atoms with Crippen molar-refractivity contribution in [1.82, 2.24) is 20.1 Å². The average molecular weight is 494 g/mol. The fourth-order valence-corrected chi connectivity index (χ4v) is 4.63. The number of aromatic nitrogens is 3. The highest BCUT2D eigenvalue weighted by molar-refractivity contribution is 7.99. The van der Waals surface area contributed by atoms with E-state index in [0.717, 1.165) is 31.7 Å². The molecule has 12 heteroatoms. The largest absolute Gasteiger partial charge is 0.461 e. The Morgan fingerprint density at radius 2 is 1.85 bits per heavy atom. The van der Waals surface area contributed by atoms with Crippen molar-refractivity contribution in [3.63, 3.8) is 0 Å². The van der Waals surface area contributed by atoms with Gasteiger partial charge in [-0.2, -0.15) is 0 Å². The third-order valence-electron chi connectivity index (χ3n) is 5.43. The van der Waals surface area contributed by atoms with E-state index in [1.807, 2.05) is 4.57 Å². The number of nitrogens with zero attached hydrogens (tertiary/aromatic N) is 3. The second-order valence-electron chi connectivity index (χ2n) is 7.78. The van der Waals surface area contributed by atoms with Crippen LogP contribution in [-0.4, -0.2) is 38.9 Å². The molecule has 3 aromatic rings. The molecule has 34 heavy (non-hydrogen) atoms. The summed E-state index contributed by atoms with van der Waals surface area (Å²) in [5.74, 6) is -4.63. The van der Waals surface area contributed by atoms with Gasteiger partial charge in [-0.15, -0.1) is 10.2 Å². The summed E-state index contributed by atoms with van der Waals surface area (Å²) in [6.07, 6.45) is 6.89. The number of halogens is 3. The zero-order valence-electron chi connectivity index (χ0n) is 18.0. The summed E-state index contributed by atoms with van der Waals surface area (Å²) in [7, 11) is 0. The molecular weight excluding hydrogens is 471 g/mol. The molecule has 2 N–H and O–H groups in total. The minimum atomic E-state index is -1.69. The molecule has 0 aliphatic heterocycles. The van der Waals surface area contributed by atoms with Gasteiger partial charge in [0.25, 0.3) is 0 Å². The molecule has 8 nitrogen and oxygen atoms in total. The van der Waals surface area contributed by atoms with Crippen molar-refractivity contribution in [1.29, 1.82) is 0 Å². The van der Waals surface area contributed by atoms with Crippen LogP contribution >= 0.6 is 11.8 Å². The fraction of sp³-hybridized carbons (Fsp3) is 0.364. The molecule has 1 aliphatic carbocycles. The van der Waals surface area contributed by atoms with Crippen molar-refractivity contribution in [3.05, 3.63) is 48.0 Å². The molecule has 4 rings (SSSR count). The monoisotopic (exact) mass is 493 g/mol. The number of hydrogen-bond acceptors (Lipinski definition) is 6. The maximum atomic E-state index is 13.7. The van der Waals surface area contributed by atoms with E-state index in [2.05, 4.69) is 20.8 Å². The van der Waals surface area contributed by atoms with Crippen LogP contribution < -0.4 is 10.6 Å². The molecule has 1 fully saturated rings. The van der Waals surface area contributed by atoms with Crippen LogP contribution in [-0.2, 0) is 9.59 Å². The molecule has 180 valence electrons. The first-order valence-corrected chi connectivity index (χ1v) is 11.7. The zero-order valence-corrected chi connectivity index (χ0v) is 18.8. The number of furan rings is 1. The van der Waals surface area contributed by atoms with E-state index < -0.39 is 41.5 Å². The van der Waals surface area contributed by atoms with Crippen molar-refractivity contribution in [2.24, 2.45) is 0 Å². The summed E-state index contributed by atoms with van der Waals surface area (Å²) < 4.78 is 47.5. The molecule has 0 unspecified atom stereocenters. The van der Waals surface area contributed by atoms with Gasteiger partial charge in [0.15, 0.2) is 28.4 Å². The Bertz CT molecular complexity index is 1160. The highest BCUT2D eigenvalue weighted by Gasteiger charge is 2.25. The van der Waals surface area contributed by atoms with Gasteiger partial charge in [-0.25, -0.2) is 13.2 Å². The normalized spacial score (nSPS) is 14.2. The van der Waals surface area contributed by atoms with E-state index in [1.165, 1.54) is 18.2 Å². The molecule has 0 radical (unpaired) electrons. The van der Waals surface area contributed by atoms with E-state index in [9.17, 15) is 22.8 Å². The van der Waals surface area contributed by atoms with Gasteiger partial charge in [0.1, 0.15) is 0 Å². The quantitative estimate of drug-likeness (QED) is 0.358. The maximum absolute atomic E-state index is 13.7. The highest BCUT2D eigenvalue weighted by Crippen LogP contribution is 2.35. The van der Waals surface area contributed by atoms with Gasteiger partial charge in [0, 0.05) is 6.04 Å². The Morgan fingerprint density at radius 1 is 1.06 bits per heavy atom. The molecule has 1 aliphatic rings. The molecule has 0 spiro atoms. The molecule has 2 amide bonds. The lowest BCUT2D eigenvalue weighted by atomic mass is 9.95. The Hall–Kier alpha value is -3.28. The van der Waals surface area contributed by atoms with Crippen molar-refractivity contribution in [2.75, 3.05) is 17.6 Å². The Morgan fingerprint density at radius 3 is 2.59 bits per heavy atom. The van der Waals surface area contributed by atoms with Crippen molar-refractivity contribution in [2.45, 2.75) is 43.3 Å². The van der Waals surface area contributed by atoms with Gasteiger partial charge in [0.2, 0.25) is 17.6 Å². The van der Waals surface area contributed by atoms with Gasteiger partial charge < -0.3 is 15.1 Å². The van der Waals surface area contributed by atoms with E-state index in [1.54, 1.807) is 18.4 Å². The molecule has 2 heterocycles. The third-order valence-corrected chi connectivity index (χ3v) is 6.38. The lowest BCUT2D eigenvalue weighted by molar-refractivity contribution is -0.122. The number of nitrogens with one attached hydrogen (secondary N) is 2. The van der Waals surface area contributed by atoms with Crippen LogP contribution in [0.1, 0.15) is 38.1 Å². The number of carbonyl (C=O) groups excluding carboxylic acids is 2. The van der Waals surface area contributed by atoms with Crippen LogP contribution in [0.25, 0.3) is 11.6 Å². The predicted molar refractivity (Wildman–Crippen MR) is 119 cm³/mol. The van der Waals surface area contributed by atoms with Gasteiger partial charge >= 0.3 is 0 Å². The van der Waals surface area contributed by atoms with Crippen LogP contribution in [0.2, 0.25) is 0 Å². The molecule has 2 aromatic heterocycles. The van der Waals surface area contributed by atoms with Crippen LogP contribution in [0, 0.1) is 17.5 Å². The predicted octanol–water partition coefficient (Wildman–Crippen LogP) is 4.31. The number of anilines is 1. The van der Waals surface area contributed by atoms with Crippen LogP contribution in [0.5, 0.6) is 0 Å². The van der Waals surface area contributed by atoms with Crippen molar-refractivity contribution in [3.8, 4) is 11.6 Å². The molecule has 0 atom stereocenters. The van der Waals surface area contributed by atoms with E-state index >= 15 is 0 Å². The Kier molecular flexibility index (Phi) is 7.56. The zero-order chi connectivity index (χ0) is 24.1. The van der Waals surface area contributed by atoms with E-state index in [4.69, 9.17) is 4.42 Å². The SMILES string of the molecule is O=C(CSc1nnc(-c2ccco2)n1C1CCCCC1)NCC(=O)Nc1ccc(F)c(F)c1F. The summed E-state index contributed by atoms with van der Waals surface area (Å²) in [5, 5.41) is 13.6. The van der Waals surface area contributed by atoms with Crippen LogP contribution in [0.15, 0.2) is 40.1 Å². The molecule has 0 saturated heterocycles. The second-order valence-corrected chi connectivity index (χ2v) is 8.72. The molecular formula is C22H22F3N5O3S. The van der Waals surface area contributed by atoms with Crippen LogP contribution in [0.3, 0.4) is 0 Å². The number of hydrogen-bond donors (Lipinski definition) is 2. The molecule has 1 aromatic carbocycles. The van der Waals surface area contributed by atoms with E-state index in [-0.39, 0.29) is 11.8 Å². The minimum absolute atomic E-state index is 0.0319. The fourth-order valence-electron chi connectivity index (χ4n) is 3.79. The van der Waals surface area contributed by atoms with Gasteiger partial charge in [-0.1, -0.05) is 31.0 Å². The summed E-state index contributed by atoms with van der Waals surface area (Å²) in [6, 6.07) is 5.37. The van der Waals surface area contributed by atoms with Gasteiger partial charge in [-0.05, 0) is 37.1 Å². The smallest absolute Gasteiger partial charge is 0.243 e. The van der Waals surface area contributed by atoms with Gasteiger partial charge in [-0.3, -0.25) is 14.2 Å². The highest BCUT2D eigenvalue weighted by atomic mass is 32.2. The lowest BCUT2D eigenvalue weighted by Gasteiger charge is -2.25. The Balaban J connectivity index is 1.35. The molecule has 1 saturated carbocycles. The topological polar surface area (TPSA) is 102 Å². The molecule has 0 bridgehead atoms. The summed E-state index contributed by atoms with van der Waals surface area (Å²) >= 11 is 1.18. The van der Waals surface area contributed by atoms with Crippen LogP contribution in [0.4, 0.5) is 18.9 Å².